The second kappa shape index (κ2) is 4.27. The summed E-state index contributed by atoms with van der Waals surface area (Å²) in [6.45, 7) is 0.492. The van der Waals surface area contributed by atoms with Gasteiger partial charge in [-0.05, 0) is 16.0 Å². The largest absolute Gasteiger partial charge is 0.266 e. The number of tetrazole rings is 1. The van der Waals surface area contributed by atoms with Crippen LogP contribution in [0.15, 0.2) is 35.6 Å². The van der Waals surface area contributed by atoms with Crippen LogP contribution >= 0.6 is 0 Å². The van der Waals surface area contributed by atoms with Gasteiger partial charge in [-0.25, -0.2) is 10.1 Å². The Hall–Kier alpha value is -2.31. The first-order valence-electron chi connectivity index (χ1n) is 4.28. The lowest BCUT2D eigenvalue weighted by atomic mass is 10.2. The van der Waals surface area contributed by atoms with Crippen molar-refractivity contribution in [2.45, 2.75) is 6.54 Å². The highest BCUT2D eigenvalue weighted by atomic mass is 16.3. The molecule has 0 radical (unpaired) electrons. The monoisotopic (exact) mass is 204 g/mol. The third kappa shape index (κ3) is 2.13. The minimum Gasteiger partial charge on any atom is -0.207 e. The number of benzene rings is 1. The van der Waals surface area contributed by atoms with Crippen molar-refractivity contribution in [2.75, 3.05) is 5.43 Å². The van der Waals surface area contributed by atoms with E-state index in [1.807, 2.05) is 30.3 Å². The van der Waals surface area contributed by atoms with E-state index in [-0.39, 0.29) is 5.95 Å². The SMILES string of the molecule is O=NNc1nnnn1Cc1ccccc1. The van der Waals surface area contributed by atoms with Gasteiger partial charge in [-0.3, -0.25) is 0 Å². The van der Waals surface area contributed by atoms with Gasteiger partial charge in [0.25, 0.3) is 5.95 Å². The van der Waals surface area contributed by atoms with E-state index in [0.717, 1.165) is 5.56 Å². The molecule has 0 aliphatic heterocycles. The third-order valence-electron chi connectivity index (χ3n) is 1.85. The van der Waals surface area contributed by atoms with Crippen molar-refractivity contribution >= 4 is 5.95 Å². The van der Waals surface area contributed by atoms with Crippen LogP contribution in [0.2, 0.25) is 0 Å². The molecule has 0 amide bonds. The fraction of sp³-hybridized carbons (Fsp3) is 0.125. The minimum atomic E-state index is 0.230. The van der Waals surface area contributed by atoms with Gasteiger partial charge in [0.15, 0.2) is 0 Å². The van der Waals surface area contributed by atoms with Gasteiger partial charge in [0.2, 0.25) is 0 Å². The van der Waals surface area contributed by atoms with Crippen molar-refractivity contribution in [1.82, 2.24) is 20.2 Å². The van der Waals surface area contributed by atoms with Crippen LogP contribution in [0.3, 0.4) is 0 Å². The van der Waals surface area contributed by atoms with Crippen molar-refractivity contribution in [3.8, 4) is 0 Å². The Labute approximate surface area is 85.1 Å². The molecular formula is C8H8N6O. The molecule has 0 atom stereocenters. The Kier molecular flexibility index (Phi) is 2.63. The molecule has 0 saturated heterocycles. The highest BCUT2D eigenvalue weighted by Gasteiger charge is 2.05. The van der Waals surface area contributed by atoms with E-state index in [1.54, 1.807) is 0 Å². The van der Waals surface area contributed by atoms with Crippen molar-refractivity contribution in [3.05, 3.63) is 40.8 Å². The van der Waals surface area contributed by atoms with Crippen LogP contribution in [0, 0.1) is 4.91 Å². The van der Waals surface area contributed by atoms with Gasteiger partial charge in [0.1, 0.15) is 0 Å². The Bertz CT molecular complexity index is 439. The van der Waals surface area contributed by atoms with Gasteiger partial charge < -0.3 is 0 Å². The molecule has 1 aromatic carbocycles. The second-order valence-electron chi connectivity index (χ2n) is 2.85. The number of aromatic nitrogens is 4. The molecule has 76 valence electrons. The fourth-order valence-corrected chi connectivity index (χ4v) is 1.19. The number of anilines is 1. The quantitative estimate of drug-likeness (QED) is 0.588. The Morgan fingerprint density at radius 2 is 2.13 bits per heavy atom. The summed E-state index contributed by atoms with van der Waals surface area (Å²) in [6.07, 6.45) is 0. The van der Waals surface area contributed by atoms with Crippen LogP contribution in [0.1, 0.15) is 5.56 Å². The highest BCUT2D eigenvalue weighted by molar-refractivity contribution is 5.22. The minimum absolute atomic E-state index is 0.230. The van der Waals surface area contributed by atoms with E-state index in [4.69, 9.17) is 0 Å². The molecule has 0 aliphatic carbocycles. The van der Waals surface area contributed by atoms with Gasteiger partial charge in [0.05, 0.1) is 11.8 Å². The van der Waals surface area contributed by atoms with Crippen LogP contribution in [0.4, 0.5) is 5.95 Å². The lowest BCUT2D eigenvalue weighted by molar-refractivity contribution is 0.652. The van der Waals surface area contributed by atoms with Crippen molar-refractivity contribution in [2.24, 2.45) is 5.29 Å². The topological polar surface area (TPSA) is 85.1 Å². The van der Waals surface area contributed by atoms with E-state index in [1.165, 1.54) is 4.68 Å². The molecular weight excluding hydrogens is 196 g/mol. The molecule has 0 spiro atoms. The summed E-state index contributed by atoms with van der Waals surface area (Å²) in [7, 11) is 0. The van der Waals surface area contributed by atoms with Gasteiger partial charge in [-0.15, -0.1) is 4.91 Å². The maximum Gasteiger partial charge on any atom is 0.266 e. The van der Waals surface area contributed by atoms with Gasteiger partial charge >= 0.3 is 0 Å². The molecule has 1 aromatic heterocycles. The Balaban J connectivity index is 2.17. The van der Waals surface area contributed by atoms with E-state index >= 15 is 0 Å². The van der Waals surface area contributed by atoms with Crippen molar-refractivity contribution < 1.29 is 0 Å². The molecule has 15 heavy (non-hydrogen) atoms. The first-order valence-corrected chi connectivity index (χ1v) is 4.28. The predicted octanol–water partition coefficient (Wildman–Crippen LogP) is 0.815. The Morgan fingerprint density at radius 3 is 2.87 bits per heavy atom. The predicted molar refractivity (Wildman–Crippen MR) is 52.8 cm³/mol. The van der Waals surface area contributed by atoms with Gasteiger partial charge in [0, 0.05) is 0 Å². The van der Waals surface area contributed by atoms with Crippen molar-refractivity contribution in [1.29, 1.82) is 0 Å². The third-order valence-corrected chi connectivity index (χ3v) is 1.85. The zero-order chi connectivity index (χ0) is 10.5. The van der Waals surface area contributed by atoms with E-state index in [2.05, 4.69) is 26.2 Å². The second-order valence-corrected chi connectivity index (χ2v) is 2.85. The molecule has 0 unspecified atom stereocenters. The maximum absolute atomic E-state index is 10.0. The number of nitrogens with zero attached hydrogens (tertiary/aromatic N) is 5. The number of nitrogens with one attached hydrogen (secondary N) is 1. The van der Waals surface area contributed by atoms with Crippen LogP contribution in [-0.2, 0) is 6.54 Å². The van der Waals surface area contributed by atoms with E-state index in [0.29, 0.717) is 6.54 Å². The summed E-state index contributed by atoms with van der Waals surface area (Å²) in [5.74, 6) is 0.230. The summed E-state index contributed by atoms with van der Waals surface area (Å²) >= 11 is 0. The average Bonchev–Trinajstić information content (AvgIpc) is 2.68. The first kappa shape index (κ1) is 9.25. The number of hydrogen-bond acceptors (Lipinski definition) is 5. The molecule has 1 heterocycles. The van der Waals surface area contributed by atoms with Crippen LogP contribution in [-0.4, -0.2) is 20.2 Å². The van der Waals surface area contributed by atoms with E-state index < -0.39 is 0 Å². The highest BCUT2D eigenvalue weighted by Crippen LogP contribution is 2.05. The van der Waals surface area contributed by atoms with Crippen molar-refractivity contribution in [3.63, 3.8) is 0 Å². The standard InChI is InChI=1S/C8H8N6O/c15-13-10-8-9-11-12-14(8)6-7-4-2-1-3-5-7/h1-5H,6H2,(H,9,10,12,15). The zero-order valence-corrected chi connectivity index (χ0v) is 7.74. The molecule has 1 N–H and O–H groups in total. The summed E-state index contributed by atoms with van der Waals surface area (Å²) in [5, 5.41) is 13.3. The molecule has 0 aliphatic rings. The van der Waals surface area contributed by atoms with Crippen LogP contribution in [0.5, 0.6) is 0 Å². The Morgan fingerprint density at radius 1 is 1.33 bits per heavy atom. The summed E-state index contributed by atoms with van der Waals surface area (Å²) in [5.41, 5.74) is 3.21. The van der Waals surface area contributed by atoms with Crippen LogP contribution < -0.4 is 5.43 Å². The zero-order valence-electron chi connectivity index (χ0n) is 7.74. The van der Waals surface area contributed by atoms with Gasteiger partial charge in [-0.1, -0.05) is 35.4 Å². The number of hydrogen-bond donors (Lipinski definition) is 1. The molecule has 2 aromatic rings. The lowest BCUT2D eigenvalue weighted by Gasteiger charge is -2.01. The summed E-state index contributed by atoms with van der Waals surface area (Å²) in [4.78, 5) is 10.0. The molecule has 7 heteroatoms. The summed E-state index contributed by atoms with van der Waals surface area (Å²) in [6, 6.07) is 9.66. The fourth-order valence-electron chi connectivity index (χ4n) is 1.19. The van der Waals surface area contributed by atoms with Gasteiger partial charge in [-0.2, -0.15) is 0 Å². The molecule has 7 nitrogen and oxygen atoms in total. The molecule has 2 rings (SSSR count). The summed E-state index contributed by atoms with van der Waals surface area (Å²) < 4.78 is 1.46. The smallest absolute Gasteiger partial charge is 0.207 e. The molecule has 0 fully saturated rings. The molecule has 0 saturated carbocycles. The lowest BCUT2D eigenvalue weighted by Crippen LogP contribution is -2.05. The van der Waals surface area contributed by atoms with E-state index in [9.17, 15) is 4.91 Å². The first-order chi connectivity index (χ1) is 7.40. The number of rotatable bonds is 4. The maximum atomic E-state index is 10.0. The molecule has 0 bridgehead atoms. The van der Waals surface area contributed by atoms with Crippen LogP contribution in [0.25, 0.3) is 0 Å². The normalized spacial score (nSPS) is 9.87. The average molecular weight is 204 g/mol. The number of nitroso groups, excluding NO2 is 1.